The minimum atomic E-state index is 0.666. The third kappa shape index (κ3) is 3.72. The smallest absolute Gasteiger partial charge is 0.00702 e. The molecule has 0 aliphatic rings. The predicted octanol–water partition coefficient (Wildman–Crippen LogP) is 5.55. The monoisotopic (exact) mass is 265 g/mol. The average molecular weight is 265 g/mol. The molecular weight excluding hydrogens is 240 g/mol. The van der Waals surface area contributed by atoms with Gasteiger partial charge in [-0.05, 0) is 53.0 Å². The second kappa shape index (κ2) is 6.74. The van der Waals surface area contributed by atoms with Gasteiger partial charge in [-0.3, -0.25) is 0 Å². The van der Waals surface area contributed by atoms with Crippen molar-refractivity contribution in [2.24, 2.45) is 11.8 Å². The Kier molecular flexibility index (Phi) is 5.00. The van der Waals surface area contributed by atoms with Gasteiger partial charge in [0, 0.05) is 0 Å². The largest absolute Gasteiger partial charge is 0.0625 e. The van der Waals surface area contributed by atoms with Crippen LogP contribution in [0.3, 0.4) is 0 Å². The van der Waals surface area contributed by atoms with E-state index >= 15 is 0 Å². The van der Waals surface area contributed by atoms with E-state index in [9.17, 15) is 0 Å². The molecule has 105 valence electrons. The van der Waals surface area contributed by atoms with Gasteiger partial charge in [-0.1, -0.05) is 70.2 Å². The van der Waals surface area contributed by atoms with Crippen LogP contribution in [0, 0.1) is 17.9 Å². The van der Waals surface area contributed by atoms with Crippen LogP contribution in [0.4, 0.5) is 0 Å². The van der Waals surface area contributed by atoms with E-state index in [1.165, 1.54) is 22.3 Å². The van der Waals surface area contributed by atoms with E-state index < -0.39 is 0 Å². The number of benzene rings is 2. The van der Waals surface area contributed by atoms with Gasteiger partial charge in [0.05, 0.1) is 0 Å². The maximum Gasteiger partial charge on any atom is -0.00702 e. The average Bonchev–Trinajstić information content (AvgIpc) is 2.40. The number of rotatable bonds is 5. The first-order valence-corrected chi connectivity index (χ1v) is 7.65. The number of hydrogen-bond acceptors (Lipinski definition) is 0. The molecule has 0 aliphatic heterocycles. The lowest BCUT2D eigenvalue weighted by molar-refractivity contribution is 0.616. The fourth-order valence-electron chi connectivity index (χ4n) is 2.71. The summed E-state index contributed by atoms with van der Waals surface area (Å²) in [6.07, 6.45) is 2.28. The van der Waals surface area contributed by atoms with E-state index in [2.05, 4.69) is 76.2 Å². The molecule has 0 unspecified atom stereocenters. The highest BCUT2D eigenvalue weighted by Crippen LogP contribution is 2.29. The molecule has 0 spiro atoms. The lowest BCUT2D eigenvalue weighted by atomic mass is 9.87. The third-order valence-electron chi connectivity index (χ3n) is 3.50. The van der Waals surface area contributed by atoms with Crippen LogP contribution in [0.15, 0.2) is 42.5 Å². The van der Waals surface area contributed by atoms with Crippen molar-refractivity contribution in [3.63, 3.8) is 0 Å². The first-order valence-electron chi connectivity index (χ1n) is 7.65. The molecule has 0 heteroatoms. The normalized spacial score (nSPS) is 11.3. The summed E-state index contributed by atoms with van der Waals surface area (Å²) in [5, 5.41) is 0. The summed E-state index contributed by atoms with van der Waals surface area (Å²) in [5.74, 6) is 1.35. The summed E-state index contributed by atoms with van der Waals surface area (Å²) in [5.41, 5.74) is 5.56. The van der Waals surface area contributed by atoms with Gasteiger partial charge >= 0.3 is 0 Å². The highest BCUT2D eigenvalue weighted by atomic mass is 14.2. The summed E-state index contributed by atoms with van der Waals surface area (Å²) in [4.78, 5) is 0. The molecule has 0 fully saturated rings. The fourth-order valence-corrected chi connectivity index (χ4v) is 2.71. The Morgan fingerprint density at radius 2 is 1.50 bits per heavy atom. The second-order valence-corrected chi connectivity index (χ2v) is 6.42. The van der Waals surface area contributed by atoms with Crippen LogP contribution in [-0.2, 0) is 12.8 Å². The Morgan fingerprint density at radius 1 is 0.850 bits per heavy atom. The molecule has 20 heavy (non-hydrogen) atoms. The van der Waals surface area contributed by atoms with Gasteiger partial charge in [0.15, 0.2) is 0 Å². The molecule has 2 rings (SSSR count). The molecule has 1 radical (unpaired) electrons. The molecular formula is C20H25. The van der Waals surface area contributed by atoms with Gasteiger partial charge in [-0.2, -0.15) is 0 Å². The van der Waals surface area contributed by atoms with Crippen LogP contribution >= 0.6 is 0 Å². The first-order chi connectivity index (χ1) is 9.58. The van der Waals surface area contributed by atoms with Gasteiger partial charge in [0.2, 0.25) is 0 Å². The van der Waals surface area contributed by atoms with Crippen LogP contribution in [0.1, 0.15) is 38.8 Å². The molecule has 2 aromatic rings. The fraction of sp³-hybridized carbons (Fsp3) is 0.400. The van der Waals surface area contributed by atoms with E-state index in [4.69, 9.17) is 0 Å². The first kappa shape index (κ1) is 14.8. The minimum Gasteiger partial charge on any atom is -0.0625 e. The van der Waals surface area contributed by atoms with E-state index in [1.54, 1.807) is 0 Å². The van der Waals surface area contributed by atoms with Crippen molar-refractivity contribution in [1.82, 2.24) is 0 Å². The van der Waals surface area contributed by atoms with E-state index in [0.29, 0.717) is 11.8 Å². The zero-order valence-corrected chi connectivity index (χ0v) is 13.1. The van der Waals surface area contributed by atoms with Crippen molar-refractivity contribution < 1.29 is 0 Å². The van der Waals surface area contributed by atoms with Gasteiger partial charge in [-0.25, -0.2) is 0 Å². The molecule has 0 saturated heterocycles. The summed E-state index contributed by atoms with van der Waals surface area (Å²) < 4.78 is 0. The van der Waals surface area contributed by atoms with E-state index in [0.717, 1.165) is 12.8 Å². The maximum atomic E-state index is 3.47. The Bertz CT molecular complexity index is 535. The molecule has 0 aromatic heterocycles. The molecule has 0 N–H and O–H groups in total. The van der Waals surface area contributed by atoms with Crippen LogP contribution in [0.5, 0.6) is 0 Å². The third-order valence-corrected chi connectivity index (χ3v) is 3.50. The minimum absolute atomic E-state index is 0.666. The lowest BCUT2D eigenvalue weighted by Crippen LogP contribution is -2.05. The van der Waals surface area contributed by atoms with E-state index in [-0.39, 0.29) is 0 Å². The molecule has 0 amide bonds. The summed E-state index contributed by atoms with van der Waals surface area (Å²) in [6.45, 7) is 9.16. The Balaban J connectivity index is 2.50. The van der Waals surface area contributed by atoms with E-state index in [1.807, 2.05) is 0 Å². The van der Waals surface area contributed by atoms with Gasteiger partial charge in [0.1, 0.15) is 0 Å². The highest BCUT2D eigenvalue weighted by molar-refractivity contribution is 5.68. The Hall–Kier alpha value is -1.56. The SMILES string of the molecule is CC(C)Cc1cc[c]c(-c2ccccc2)c1CC(C)C. The van der Waals surface area contributed by atoms with Gasteiger partial charge in [0.25, 0.3) is 0 Å². The molecule has 0 nitrogen and oxygen atoms in total. The number of hydrogen-bond donors (Lipinski definition) is 0. The zero-order chi connectivity index (χ0) is 14.5. The van der Waals surface area contributed by atoms with Crippen molar-refractivity contribution >= 4 is 0 Å². The van der Waals surface area contributed by atoms with Crippen molar-refractivity contribution in [3.05, 3.63) is 59.7 Å². The molecule has 2 aromatic carbocycles. The van der Waals surface area contributed by atoms with Crippen molar-refractivity contribution in [2.45, 2.75) is 40.5 Å². The lowest BCUT2D eigenvalue weighted by Gasteiger charge is -2.18. The maximum absolute atomic E-state index is 3.47. The van der Waals surface area contributed by atoms with Crippen molar-refractivity contribution in [2.75, 3.05) is 0 Å². The molecule has 0 saturated carbocycles. The van der Waals surface area contributed by atoms with Crippen molar-refractivity contribution in [1.29, 1.82) is 0 Å². The summed E-state index contributed by atoms with van der Waals surface area (Å²) >= 11 is 0. The van der Waals surface area contributed by atoms with Crippen molar-refractivity contribution in [3.8, 4) is 11.1 Å². The molecule has 0 atom stereocenters. The quantitative estimate of drug-likeness (QED) is 0.664. The topological polar surface area (TPSA) is 0 Å². The molecule has 0 heterocycles. The molecule has 0 aliphatic carbocycles. The predicted molar refractivity (Wildman–Crippen MR) is 87.8 cm³/mol. The second-order valence-electron chi connectivity index (χ2n) is 6.42. The van der Waals surface area contributed by atoms with Gasteiger partial charge < -0.3 is 0 Å². The van der Waals surface area contributed by atoms with Crippen LogP contribution in [0.25, 0.3) is 11.1 Å². The summed E-state index contributed by atoms with van der Waals surface area (Å²) in [6, 6.07) is 18.5. The Morgan fingerprint density at radius 3 is 2.10 bits per heavy atom. The molecule has 0 bridgehead atoms. The Labute approximate surface area is 123 Å². The summed E-state index contributed by atoms with van der Waals surface area (Å²) in [7, 11) is 0. The van der Waals surface area contributed by atoms with Crippen LogP contribution in [0.2, 0.25) is 0 Å². The van der Waals surface area contributed by atoms with Crippen LogP contribution in [-0.4, -0.2) is 0 Å². The van der Waals surface area contributed by atoms with Gasteiger partial charge in [-0.15, -0.1) is 0 Å². The standard InChI is InChI=1S/C20H25/c1-15(2)13-18-11-8-12-19(20(18)14-16(3)4)17-9-6-5-7-10-17/h5-11,15-16H,13-14H2,1-4H3. The zero-order valence-electron chi connectivity index (χ0n) is 13.1. The highest BCUT2D eigenvalue weighted by Gasteiger charge is 2.12. The van der Waals surface area contributed by atoms with Crippen LogP contribution < -0.4 is 0 Å².